The van der Waals surface area contributed by atoms with Crippen LogP contribution in [0.2, 0.25) is 0 Å². The molecule has 0 aromatic carbocycles. The Morgan fingerprint density at radius 2 is 1.95 bits per heavy atom. The minimum absolute atomic E-state index is 0.139. The van der Waals surface area contributed by atoms with E-state index in [9.17, 15) is 4.79 Å². The molecule has 0 amide bonds. The Hall–Kier alpha value is -0.940. The second-order valence-electron chi connectivity index (χ2n) is 5.34. The standard InChI is InChI=1S/C14H23N3OS/c1-5-16-6-8-17(9-7-16)14-15-12(10(2)3)13(19-14)11(4)18/h10H,5-9H2,1-4H3. The molecule has 106 valence electrons. The molecule has 1 fully saturated rings. The Bertz CT molecular complexity index is 448. The number of carbonyl (C=O) groups is 1. The molecule has 0 spiro atoms. The molecule has 19 heavy (non-hydrogen) atoms. The van der Waals surface area contributed by atoms with E-state index in [1.54, 1.807) is 18.3 Å². The molecule has 5 heteroatoms. The highest BCUT2D eigenvalue weighted by atomic mass is 32.1. The summed E-state index contributed by atoms with van der Waals surface area (Å²) in [4.78, 5) is 22.0. The summed E-state index contributed by atoms with van der Waals surface area (Å²) in [6.45, 7) is 13.3. The van der Waals surface area contributed by atoms with Crippen LogP contribution in [0.25, 0.3) is 0 Å². The first kappa shape index (κ1) is 14.5. The molecule has 0 saturated carbocycles. The fourth-order valence-corrected chi connectivity index (χ4v) is 3.52. The van der Waals surface area contributed by atoms with Crippen molar-refractivity contribution in [3.63, 3.8) is 0 Å². The average molecular weight is 281 g/mol. The normalized spacial score (nSPS) is 17.2. The maximum Gasteiger partial charge on any atom is 0.186 e. The van der Waals surface area contributed by atoms with Crippen LogP contribution in [0.15, 0.2) is 0 Å². The Balaban J connectivity index is 2.17. The summed E-state index contributed by atoms with van der Waals surface area (Å²) in [6, 6.07) is 0. The molecule has 1 aliphatic rings. The molecule has 2 rings (SSSR count). The molecule has 0 N–H and O–H groups in total. The molecule has 0 aliphatic carbocycles. The molecule has 1 aliphatic heterocycles. The van der Waals surface area contributed by atoms with Crippen molar-refractivity contribution in [1.82, 2.24) is 9.88 Å². The minimum Gasteiger partial charge on any atom is -0.346 e. The smallest absolute Gasteiger partial charge is 0.186 e. The largest absolute Gasteiger partial charge is 0.346 e. The molecular weight excluding hydrogens is 258 g/mol. The lowest BCUT2D eigenvalue weighted by Crippen LogP contribution is -2.46. The van der Waals surface area contributed by atoms with E-state index in [4.69, 9.17) is 4.98 Å². The van der Waals surface area contributed by atoms with Gasteiger partial charge in [0.2, 0.25) is 0 Å². The molecule has 0 radical (unpaired) electrons. The Morgan fingerprint density at radius 3 is 2.37 bits per heavy atom. The highest BCUT2D eigenvalue weighted by Gasteiger charge is 2.23. The third-order valence-corrected chi connectivity index (χ3v) is 4.83. The number of ketones is 1. The molecule has 1 saturated heterocycles. The van der Waals surface area contributed by atoms with Crippen LogP contribution in [0.5, 0.6) is 0 Å². The summed E-state index contributed by atoms with van der Waals surface area (Å²) in [7, 11) is 0. The van der Waals surface area contributed by atoms with E-state index >= 15 is 0 Å². The summed E-state index contributed by atoms with van der Waals surface area (Å²) >= 11 is 1.56. The van der Waals surface area contributed by atoms with Gasteiger partial charge in [-0.1, -0.05) is 32.1 Å². The second-order valence-corrected chi connectivity index (χ2v) is 6.32. The van der Waals surface area contributed by atoms with Crippen LogP contribution < -0.4 is 4.90 Å². The summed E-state index contributed by atoms with van der Waals surface area (Å²) in [5.74, 6) is 0.445. The molecule has 2 heterocycles. The van der Waals surface area contributed by atoms with Crippen LogP contribution >= 0.6 is 11.3 Å². The zero-order valence-electron chi connectivity index (χ0n) is 12.3. The highest BCUT2D eigenvalue weighted by molar-refractivity contribution is 7.17. The number of carbonyl (C=O) groups excluding carboxylic acids is 1. The predicted octanol–water partition coefficient (Wildman–Crippen LogP) is 2.61. The summed E-state index contributed by atoms with van der Waals surface area (Å²) in [6.07, 6.45) is 0. The molecule has 1 aromatic rings. The van der Waals surface area contributed by atoms with Crippen LogP contribution in [0.4, 0.5) is 5.13 Å². The van der Waals surface area contributed by atoms with Crippen molar-refractivity contribution in [2.75, 3.05) is 37.6 Å². The molecular formula is C14H23N3OS. The van der Waals surface area contributed by atoms with Gasteiger partial charge in [0.05, 0.1) is 10.6 Å². The predicted molar refractivity (Wildman–Crippen MR) is 80.5 cm³/mol. The highest BCUT2D eigenvalue weighted by Crippen LogP contribution is 2.31. The van der Waals surface area contributed by atoms with Gasteiger partial charge in [-0.25, -0.2) is 4.98 Å². The van der Waals surface area contributed by atoms with E-state index in [1.807, 2.05) is 0 Å². The number of nitrogens with zero attached hydrogens (tertiary/aromatic N) is 3. The van der Waals surface area contributed by atoms with Crippen molar-refractivity contribution < 1.29 is 4.79 Å². The third-order valence-electron chi connectivity index (χ3n) is 3.60. The zero-order chi connectivity index (χ0) is 14.0. The van der Waals surface area contributed by atoms with Gasteiger partial charge in [-0.3, -0.25) is 4.79 Å². The first-order valence-electron chi connectivity index (χ1n) is 7.01. The number of Topliss-reactive ketones (excluding diaryl/α,β-unsaturated/α-hetero) is 1. The molecule has 0 unspecified atom stereocenters. The van der Waals surface area contributed by atoms with E-state index in [2.05, 4.69) is 30.6 Å². The van der Waals surface area contributed by atoms with Crippen LogP contribution in [-0.4, -0.2) is 48.4 Å². The van der Waals surface area contributed by atoms with Gasteiger partial charge >= 0.3 is 0 Å². The summed E-state index contributed by atoms with van der Waals surface area (Å²) < 4.78 is 0. The van der Waals surface area contributed by atoms with Crippen molar-refractivity contribution in [3.8, 4) is 0 Å². The maximum atomic E-state index is 11.7. The monoisotopic (exact) mass is 281 g/mol. The number of anilines is 1. The molecule has 1 aromatic heterocycles. The second kappa shape index (κ2) is 6.01. The number of hydrogen-bond acceptors (Lipinski definition) is 5. The lowest BCUT2D eigenvalue weighted by atomic mass is 10.1. The summed E-state index contributed by atoms with van der Waals surface area (Å²) in [5.41, 5.74) is 0.963. The van der Waals surface area contributed by atoms with Crippen LogP contribution in [-0.2, 0) is 0 Å². The quantitative estimate of drug-likeness (QED) is 0.795. The Labute approximate surface area is 119 Å². The van der Waals surface area contributed by atoms with Crippen LogP contribution in [0.1, 0.15) is 49.0 Å². The average Bonchev–Trinajstić information content (AvgIpc) is 2.84. The van der Waals surface area contributed by atoms with Crippen molar-refractivity contribution >= 4 is 22.3 Å². The maximum absolute atomic E-state index is 11.7. The number of piperazine rings is 1. The minimum atomic E-state index is 0.139. The first-order chi connectivity index (χ1) is 9.02. The van der Waals surface area contributed by atoms with Gasteiger partial charge in [0.15, 0.2) is 10.9 Å². The van der Waals surface area contributed by atoms with Crippen molar-refractivity contribution in [2.24, 2.45) is 0 Å². The number of aromatic nitrogens is 1. The van der Waals surface area contributed by atoms with Crippen LogP contribution in [0, 0.1) is 0 Å². The Morgan fingerprint density at radius 1 is 1.32 bits per heavy atom. The van der Waals surface area contributed by atoms with E-state index in [0.29, 0.717) is 5.92 Å². The number of thiazole rings is 1. The van der Waals surface area contributed by atoms with Gasteiger partial charge < -0.3 is 9.80 Å². The lowest BCUT2D eigenvalue weighted by molar-refractivity contribution is 0.102. The van der Waals surface area contributed by atoms with Gasteiger partial charge in [0.1, 0.15) is 0 Å². The Kier molecular flexibility index (Phi) is 4.58. The van der Waals surface area contributed by atoms with Gasteiger partial charge in [0, 0.05) is 33.1 Å². The van der Waals surface area contributed by atoms with E-state index in [-0.39, 0.29) is 5.78 Å². The van der Waals surface area contributed by atoms with Gasteiger partial charge in [0.25, 0.3) is 0 Å². The zero-order valence-corrected chi connectivity index (χ0v) is 13.1. The fraction of sp³-hybridized carbons (Fsp3) is 0.714. The topological polar surface area (TPSA) is 36.4 Å². The lowest BCUT2D eigenvalue weighted by Gasteiger charge is -2.33. The SMILES string of the molecule is CCN1CCN(c2nc(C(C)C)c(C(C)=O)s2)CC1. The number of hydrogen-bond donors (Lipinski definition) is 0. The van der Waals surface area contributed by atoms with Gasteiger partial charge in [-0.15, -0.1) is 0 Å². The third kappa shape index (κ3) is 3.15. The van der Waals surface area contributed by atoms with E-state index in [1.165, 1.54) is 0 Å². The first-order valence-corrected chi connectivity index (χ1v) is 7.83. The molecule has 0 atom stereocenters. The van der Waals surface area contributed by atoms with Gasteiger partial charge in [-0.05, 0) is 12.5 Å². The molecule has 4 nitrogen and oxygen atoms in total. The molecule has 0 bridgehead atoms. The van der Waals surface area contributed by atoms with E-state index in [0.717, 1.165) is 48.4 Å². The van der Waals surface area contributed by atoms with Crippen molar-refractivity contribution in [2.45, 2.75) is 33.6 Å². The number of likely N-dealkylation sites (N-methyl/N-ethyl adjacent to an activating group) is 1. The van der Waals surface area contributed by atoms with Crippen LogP contribution in [0.3, 0.4) is 0 Å². The van der Waals surface area contributed by atoms with E-state index < -0.39 is 0 Å². The fourth-order valence-electron chi connectivity index (χ4n) is 2.35. The van der Waals surface area contributed by atoms with Gasteiger partial charge in [-0.2, -0.15) is 0 Å². The number of rotatable bonds is 4. The van der Waals surface area contributed by atoms with Crippen molar-refractivity contribution in [1.29, 1.82) is 0 Å². The van der Waals surface area contributed by atoms with Crippen molar-refractivity contribution in [3.05, 3.63) is 10.6 Å². The summed E-state index contributed by atoms with van der Waals surface area (Å²) in [5, 5.41) is 1.02.